The van der Waals surface area contributed by atoms with E-state index < -0.39 is 0 Å². The second-order valence-electron chi connectivity index (χ2n) is 4.21. The third-order valence-electron chi connectivity index (χ3n) is 2.85. The zero-order valence-electron chi connectivity index (χ0n) is 10.3. The molecule has 0 bridgehead atoms. The van der Waals surface area contributed by atoms with Gasteiger partial charge in [-0.15, -0.1) is 0 Å². The number of ether oxygens (including phenoxy) is 1. The molecular formula is C15H11FN2O. The third-order valence-corrected chi connectivity index (χ3v) is 2.85. The van der Waals surface area contributed by atoms with Crippen LogP contribution in [0, 0.1) is 12.7 Å². The highest BCUT2D eigenvalue weighted by molar-refractivity contribution is 5.83. The van der Waals surface area contributed by atoms with Gasteiger partial charge in [-0.25, -0.2) is 14.4 Å². The number of fused-ring (bicyclic) bond motifs is 1. The summed E-state index contributed by atoms with van der Waals surface area (Å²) in [7, 11) is 0. The van der Waals surface area contributed by atoms with Crippen LogP contribution in [0.4, 0.5) is 4.39 Å². The Balaban J connectivity index is 2.03. The lowest BCUT2D eigenvalue weighted by Gasteiger charge is -2.08. The molecule has 19 heavy (non-hydrogen) atoms. The van der Waals surface area contributed by atoms with Crippen LogP contribution in [0.15, 0.2) is 48.8 Å². The van der Waals surface area contributed by atoms with E-state index >= 15 is 0 Å². The topological polar surface area (TPSA) is 35.0 Å². The molecule has 0 N–H and O–H groups in total. The summed E-state index contributed by atoms with van der Waals surface area (Å²) >= 11 is 0. The van der Waals surface area contributed by atoms with E-state index in [1.165, 1.54) is 12.4 Å². The molecule has 0 saturated carbocycles. The second-order valence-corrected chi connectivity index (χ2v) is 4.21. The van der Waals surface area contributed by atoms with E-state index in [-0.39, 0.29) is 5.82 Å². The smallest absolute Gasteiger partial charge is 0.230 e. The van der Waals surface area contributed by atoms with Gasteiger partial charge in [0, 0.05) is 0 Å². The van der Waals surface area contributed by atoms with Gasteiger partial charge in [0.05, 0.1) is 10.9 Å². The van der Waals surface area contributed by atoms with Crippen molar-refractivity contribution in [2.45, 2.75) is 6.92 Å². The van der Waals surface area contributed by atoms with Crippen LogP contribution in [0.5, 0.6) is 11.6 Å². The van der Waals surface area contributed by atoms with Gasteiger partial charge in [0.25, 0.3) is 0 Å². The molecule has 3 nitrogen and oxygen atoms in total. The van der Waals surface area contributed by atoms with Crippen molar-refractivity contribution in [1.82, 2.24) is 9.97 Å². The zero-order chi connectivity index (χ0) is 13.2. The SMILES string of the molecule is Cc1cc(Oc2ncnc3ccccc23)ccc1F. The van der Waals surface area contributed by atoms with Crippen LogP contribution in [0.1, 0.15) is 5.56 Å². The van der Waals surface area contributed by atoms with Crippen LogP contribution in [-0.2, 0) is 0 Å². The van der Waals surface area contributed by atoms with E-state index in [1.54, 1.807) is 19.1 Å². The zero-order valence-corrected chi connectivity index (χ0v) is 10.3. The first-order valence-corrected chi connectivity index (χ1v) is 5.88. The molecule has 0 fully saturated rings. The highest BCUT2D eigenvalue weighted by Gasteiger charge is 2.06. The Labute approximate surface area is 109 Å². The summed E-state index contributed by atoms with van der Waals surface area (Å²) in [6, 6.07) is 12.2. The predicted octanol–water partition coefficient (Wildman–Crippen LogP) is 3.87. The Morgan fingerprint density at radius 1 is 1.05 bits per heavy atom. The average molecular weight is 254 g/mol. The number of hydrogen-bond donors (Lipinski definition) is 0. The number of halogens is 1. The number of para-hydroxylation sites is 1. The first-order chi connectivity index (χ1) is 9.24. The van der Waals surface area contributed by atoms with Gasteiger partial charge in [-0.2, -0.15) is 0 Å². The third kappa shape index (κ3) is 2.25. The summed E-state index contributed by atoms with van der Waals surface area (Å²) in [5, 5.41) is 0.826. The lowest BCUT2D eigenvalue weighted by Crippen LogP contribution is -1.92. The molecule has 0 amide bonds. The number of rotatable bonds is 2. The number of aromatic nitrogens is 2. The van der Waals surface area contributed by atoms with Crippen molar-refractivity contribution in [3.05, 3.63) is 60.2 Å². The summed E-state index contributed by atoms with van der Waals surface area (Å²) in [5.74, 6) is 0.777. The van der Waals surface area contributed by atoms with E-state index in [1.807, 2.05) is 24.3 Å². The number of nitrogens with zero attached hydrogens (tertiary/aromatic N) is 2. The minimum Gasteiger partial charge on any atom is -0.438 e. The van der Waals surface area contributed by atoms with E-state index in [9.17, 15) is 4.39 Å². The van der Waals surface area contributed by atoms with Gasteiger partial charge in [-0.3, -0.25) is 0 Å². The fourth-order valence-electron chi connectivity index (χ4n) is 1.85. The van der Waals surface area contributed by atoms with Gasteiger partial charge in [-0.1, -0.05) is 12.1 Å². The molecule has 94 valence electrons. The first-order valence-electron chi connectivity index (χ1n) is 5.88. The van der Waals surface area contributed by atoms with E-state index in [0.29, 0.717) is 17.2 Å². The van der Waals surface area contributed by atoms with Gasteiger partial charge in [0.1, 0.15) is 17.9 Å². The van der Waals surface area contributed by atoms with Crippen molar-refractivity contribution in [2.24, 2.45) is 0 Å². The standard InChI is InChI=1S/C15H11FN2O/c1-10-8-11(6-7-13(10)16)19-15-12-4-2-3-5-14(12)17-9-18-15/h2-9H,1H3. The van der Waals surface area contributed by atoms with Crippen molar-refractivity contribution in [3.8, 4) is 11.6 Å². The highest BCUT2D eigenvalue weighted by atomic mass is 19.1. The second kappa shape index (κ2) is 4.65. The molecule has 3 rings (SSSR count). The van der Waals surface area contributed by atoms with Gasteiger partial charge in [-0.05, 0) is 42.8 Å². The molecule has 1 heterocycles. The number of benzene rings is 2. The van der Waals surface area contributed by atoms with Gasteiger partial charge in [0.15, 0.2) is 0 Å². The van der Waals surface area contributed by atoms with Crippen LogP contribution >= 0.6 is 0 Å². The molecule has 3 aromatic rings. The summed E-state index contributed by atoms with van der Waals surface area (Å²) in [6.07, 6.45) is 1.45. The molecule has 0 spiro atoms. The van der Waals surface area contributed by atoms with Crippen LogP contribution in [0.3, 0.4) is 0 Å². The highest BCUT2D eigenvalue weighted by Crippen LogP contribution is 2.27. The Bertz CT molecular complexity index is 738. The van der Waals surface area contributed by atoms with Gasteiger partial charge in [0.2, 0.25) is 5.88 Å². The molecule has 1 aromatic heterocycles. The fourth-order valence-corrected chi connectivity index (χ4v) is 1.85. The van der Waals surface area contributed by atoms with Crippen molar-refractivity contribution in [2.75, 3.05) is 0 Å². The van der Waals surface area contributed by atoms with E-state index in [0.717, 1.165) is 10.9 Å². The Hall–Kier alpha value is -2.49. The molecule has 2 aromatic carbocycles. The molecule has 0 saturated heterocycles. The molecule has 0 atom stereocenters. The van der Waals surface area contributed by atoms with Crippen LogP contribution in [0.25, 0.3) is 10.9 Å². The Morgan fingerprint density at radius 2 is 1.89 bits per heavy atom. The molecule has 4 heteroatoms. The average Bonchev–Trinajstić information content (AvgIpc) is 2.43. The number of hydrogen-bond acceptors (Lipinski definition) is 3. The van der Waals surface area contributed by atoms with Crippen LogP contribution < -0.4 is 4.74 Å². The molecule has 0 aliphatic carbocycles. The fraction of sp³-hybridized carbons (Fsp3) is 0.0667. The Kier molecular flexibility index (Phi) is 2.83. The normalized spacial score (nSPS) is 10.6. The summed E-state index contributed by atoms with van der Waals surface area (Å²) < 4.78 is 18.9. The summed E-state index contributed by atoms with van der Waals surface area (Å²) in [5.41, 5.74) is 1.35. The van der Waals surface area contributed by atoms with E-state index in [4.69, 9.17) is 4.74 Å². The monoisotopic (exact) mass is 254 g/mol. The lowest BCUT2D eigenvalue weighted by molar-refractivity contribution is 0.465. The van der Waals surface area contributed by atoms with Crippen molar-refractivity contribution in [3.63, 3.8) is 0 Å². The molecule has 0 aliphatic rings. The lowest BCUT2D eigenvalue weighted by atomic mass is 10.2. The quantitative estimate of drug-likeness (QED) is 0.696. The predicted molar refractivity (Wildman–Crippen MR) is 70.7 cm³/mol. The summed E-state index contributed by atoms with van der Waals surface area (Å²) in [4.78, 5) is 8.29. The van der Waals surface area contributed by atoms with Gasteiger partial charge < -0.3 is 4.74 Å². The molecule has 0 radical (unpaired) electrons. The molecule has 0 aliphatic heterocycles. The maximum absolute atomic E-state index is 13.2. The Morgan fingerprint density at radius 3 is 2.74 bits per heavy atom. The first kappa shape index (κ1) is 11.6. The maximum Gasteiger partial charge on any atom is 0.230 e. The largest absolute Gasteiger partial charge is 0.438 e. The van der Waals surface area contributed by atoms with Crippen LogP contribution in [0.2, 0.25) is 0 Å². The molecular weight excluding hydrogens is 243 g/mol. The number of aryl methyl sites for hydroxylation is 1. The minimum absolute atomic E-state index is 0.250. The molecule has 0 unspecified atom stereocenters. The minimum atomic E-state index is -0.250. The summed E-state index contributed by atoms with van der Waals surface area (Å²) in [6.45, 7) is 1.69. The van der Waals surface area contributed by atoms with Gasteiger partial charge >= 0.3 is 0 Å². The van der Waals surface area contributed by atoms with Crippen molar-refractivity contribution < 1.29 is 9.13 Å². The van der Waals surface area contributed by atoms with Crippen molar-refractivity contribution in [1.29, 1.82) is 0 Å². The van der Waals surface area contributed by atoms with E-state index in [2.05, 4.69) is 9.97 Å². The van der Waals surface area contributed by atoms with Crippen LogP contribution in [-0.4, -0.2) is 9.97 Å². The maximum atomic E-state index is 13.2. The van der Waals surface area contributed by atoms with Crippen molar-refractivity contribution >= 4 is 10.9 Å².